The highest BCUT2D eigenvalue weighted by Crippen LogP contribution is 2.40. The fourth-order valence-electron chi connectivity index (χ4n) is 3.26. The van der Waals surface area contributed by atoms with E-state index in [-0.39, 0.29) is 0 Å². The van der Waals surface area contributed by atoms with Crippen LogP contribution in [0.3, 0.4) is 0 Å². The Morgan fingerprint density at radius 3 is 3.00 bits per heavy atom. The van der Waals surface area contributed by atoms with Crippen LogP contribution in [0.25, 0.3) is 10.2 Å². The van der Waals surface area contributed by atoms with Crippen LogP contribution < -0.4 is 4.90 Å². The van der Waals surface area contributed by atoms with Crippen molar-refractivity contribution in [2.24, 2.45) is 7.05 Å². The Labute approximate surface area is 133 Å². The Morgan fingerprint density at radius 2 is 2.23 bits per heavy atom. The second-order valence-corrected chi connectivity index (χ2v) is 6.85. The predicted octanol–water partition coefficient (Wildman–Crippen LogP) is 2.94. The summed E-state index contributed by atoms with van der Waals surface area (Å²) in [6, 6.07) is 0. The molecule has 1 aliphatic rings. The molecule has 0 spiro atoms. The Hall–Kier alpha value is -1.95. The maximum atomic E-state index is 4.63. The topological polar surface area (TPSA) is 46.8 Å². The molecule has 0 atom stereocenters. The van der Waals surface area contributed by atoms with E-state index in [9.17, 15) is 0 Å². The maximum Gasteiger partial charge on any atom is 0.141 e. The lowest BCUT2D eigenvalue weighted by Crippen LogP contribution is -2.23. The van der Waals surface area contributed by atoms with Crippen molar-refractivity contribution >= 4 is 27.4 Å². The van der Waals surface area contributed by atoms with Gasteiger partial charge < -0.3 is 4.90 Å². The van der Waals surface area contributed by atoms with Crippen molar-refractivity contribution in [3.05, 3.63) is 34.7 Å². The average Bonchev–Trinajstić information content (AvgIpc) is 3.19. The van der Waals surface area contributed by atoms with Crippen LogP contribution in [0.1, 0.15) is 29.3 Å². The van der Waals surface area contributed by atoms with Gasteiger partial charge in [0.25, 0.3) is 0 Å². The van der Waals surface area contributed by atoms with Gasteiger partial charge in [-0.05, 0) is 31.7 Å². The van der Waals surface area contributed by atoms with Crippen LogP contribution >= 0.6 is 11.3 Å². The van der Waals surface area contributed by atoms with Gasteiger partial charge in [-0.15, -0.1) is 11.3 Å². The zero-order valence-corrected chi connectivity index (χ0v) is 13.7. The molecular weight excluding hydrogens is 294 g/mol. The maximum absolute atomic E-state index is 4.63. The van der Waals surface area contributed by atoms with Crippen LogP contribution in [0.4, 0.5) is 5.82 Å². The van der Waals surface area contributed by atoms with Gasteiger partial charge in [0.1, 0.15) is 17.0 Å². The number of hydrogen-bond acceptors (Lipinski definition) is 5. The van der Waals surface area contributed by atoms with E-state index in [4.69, 9.17) is 0 Å². The van der Waals surface area contributed by atoms with E-state index in [1.54, 1.807) is 6.33 Å². The Bertz CT molecular complexity index is 819. The molecular formula is C16H19N5S. The van der Waals surface area contributed by atoms with Crippen LogP contribution in [0, 0.1) is 0 Å². The molecule has 1 aliphatic carbocycles. The van der Waals surface area contributed by atoms with Crippen molar-refractivity contribution in [2.45, 2.75) is 32.7 Å². The molecule has 3 aromatic heterocycles. The molecule has 0 saturated heterocycles. The zero-order chi connectivity index (χ0) is 15.1. The van der Waals surface area contributed by atoms with Crippen molar-refractivity contribution < 1.29 is 0 Å². The summed E-state index contributed by atoms with van der Waals surface area (Å²) >= 11 is 1.84. The van der Waals surface area contributed by atoms with Crippen molar-refractivity contribution in [3.8, 4) is 0 Å². The number of thiophene rings is 1. The van der Waals surface area contributed by atoms with Crippen LogP contribution in [-0.2, 0) is 26.4 Å². The van der Waals surface area contributed by atoms with Crippen LogP contribution in [0.5, 0.6) is 0 Å². The Morgan fingerprint density at radius 1 is 1.32 bits per heavy atom. The Kier molecular flexibility index (Phi) is 3.33. The normalized spacial score (nSPS) is 13.7. The van der Waals surface area contributed by atoms with Gasteiger partial charge in [0, 0.05) is 36.8 Å². The molecule has 0 saturated carbocycles. The number of rotatable bonds is 4. The smallest absolute Gasteiger partial charge is 0.141 e. The van der Waals surface area contributed by atoms with Gasteiger partial charge in [0.05, 0.1) is 11.6 Å². The lowest BCUT2D eigenvalue weighted by molar-refractivity contribution is 0.764. The predicted molar refractivity (Wildman–Crippen MR) is 89.4 cm³/mol. The molecule has 0 aromatic carbocycles. The molecule has 114 valence electrons. The first-order valence-corrected chi connectivity index (χ1v) is 8.55. The average molecular weight is 313 g/mol. The lowest BCUT2D eigenvalue weighted by atomic mass is 10.1. The molecule has 0 bridgehead atoms. The van der Waals surface area contributed by atoms with Crippen molar-refractivity contribution in [1.82, 2.24) is 19.7 Å². The third kappa shape index (κ3) is 2.18. The third-order valence-electron chi connectivity index (χ3n) is 4.29. The van der Waals surface area contributed by atoms with Gasteiger partial charge in [-0.2, -0.15) is 5.10 Å². The molecule has 0 amide bonds. The minimum Gasteiger partial charge on any atom is -0.352 e. The third-order valence-corrected chi connectivity index (χ3v) is 5.49. The summed E-state index contributed by atoms with van der Waals surface area (Å²) < 4.78 is 1.85. The van der Waals surface area contributed by atoms with E-state index < -0.39 is 0 Å². The zero-order valence-electron chi connectivity index (χ0n) is 12.9. The van der Waals surface area contributed by atoms with Crippen molar-refractivity contribution in [3.63, 3.8) is 0 Å². The number of hydrogen-bond donors (Lipinski definition) is 0. The highest BCUT2D eigenvalue weighted by atomic mass is 32.1. The monoisotopic (exact) mass is 313 g/mol. The van der Waals surface area contributed by atoms with E-state index in [0.717, 1.165) is 23.7 Å². The molecule has 22 heavy (non-hydrogen) atoms. The van der Waals surface area contributed by atoms with E-state index in [0.29, 0.717) is 0 Å². The van der Waals surface area contributed by atoms with E-state index in [1.807, 2.05) is 29.3 Å². The number of anilines is 1. The van der Waals surface area contributed by atoms with Crippen molar-refractivity contribution in [2.75, 3.05) is 11.4 Å². The summed E-state index contributed by atoms with van der Waals surface area (Å²) in [7, 11) is 1.95. The first-order chi connectivity index (χ1) is 10.8. The van der Waals surface area contributed by atoms with Crippen LogP contribution in [0.15, 0.2) is 18.7 Å². The van der Waals surface area contributed by atoms with E-state index >= 15 is 0 Å². The SMILES string of the molecule is CCN(Cc1cnn(C)c1)c1ncnc2sc3c(c12)CCC3. The molecule has 3 heterocycles. The summed E-state index contributed by atoms with van der Waals surface area (Å²) in [5.74, 6) is 1.08. The van der Waals surface area contributed by atoms with E-state index in [2.05, 4.69) is 33.1 Å². The quantitative estimate of drug-likeness (QED) is 0.743. The molecule has 4 rings (SSSR count). The molecule has 0 unspecified atom stereocenters. The number of fused-ring (bicyclic) bond motifs is 3. The molecule has 0 aliphatic heterocycles. The summed E-state index contributed by atoms with van der Waals surface area (Å²) in [6.07, 6.45) is 9.33. The second-order valence-electron chi connectivity index (χ2n) is 5.77. The highest BCUT2D eigenvalue weighted by molar-refractivity contribution is 7.19. The minimum absolute atomic E-state index is 0.834. The molecule has 3 aromatic rings. The van der Waals surface area contributed by atoms with Crippen LogP contribution in [0.2, 0.25) is 0 Å². The summed E-state index contributed by atoms with van der Waals surface area (Å²) in [5.41, 5.74) is 2.70. The molecule has 0 fully saturated rings. The summed E-state index contributed by atoms with van der Waals surface area (Å²) in [4.78, 5) is 14.1. The largest absolute Gasteiger partial charge is 0.352 e. The second kappa shape index (κ2) is 5.35. The minimum atomic E-state index is 0.834. The lowest BCUT2D eigenvalue weighted by Gasteiger charge is -2.22. The standard InChI is InChI=1S/C16H19N5S/c1-3-21(9-11-7-19-20(2)8-11)15-14-12-5-4-6-13(12)22-16(14)18-10-17-15/h7-8,10H,3-6,9H2,1-2H3. The van der Waals surface area contributed by atoms with Gasteiger partial charge in [-0.25, -0.2) is 9.97 Å². The number of nitrogens with zero attached hydrogens (tertiary/aromatic N) is 5. The van der Waals surface area contributed by atoms with Crippen molar-refractivity contribution in [1.29, 1.82) is 0 Å². The number of aryl methyl sites for hydroxylation is 3. The van der Waals surface area contributed by atoms with Gasteiger partial charge in [0.2, 0.25) is 0 Å². The van der Waals surface area contributed by atoms with Gasteiger partial charge in [-0.1, -0.05) is 0 Å². The summed E-state index contributed by atoms with van der Waals surface area (Å²) in [5, 5.41) is 5.55. The highest BCUT2D eigenvalue weighted by Gasteiger charge is 2.23. The first-order valence-electron chi connectivity index (χ1n) is 7.74. The Balaban J connectivity index is 1.78. The molecule has 6 heteroatoms. The van der Waals surface area contributed by atoms with Gasteiger partial charge in [0.15, 0.2) is 0 Å². The molecule has 5 nitrogen and oxygen atoms in total. The number of aromatic nitrogens is 4. The fourth-order valence-corrected chi connectivity index (χ4v) is 4.49. The fraction of sp³-hybridized carbons (Fsp3) is 0.438. The summed E-state index contributed by atoms with van der Waals surface area (Å²) in [6.45, 7) is 3.93. The van der Waals surface area contributed by atoms with Gasteiger partial charge >= 0.3 is 0 Å². The molecule has 0 radical (unpaired) electrons. The van der Waals surface area contributed by atoms with Crippen LogP contribution in [-0.4, -0.2) is 26.3 Å². The van der Waals surface area contributed by atoms with E-state index in [1.165, 1.54) is 40.7 Å². The first kappa shape index (κ1) is 13.7. The molecule has 0 N–H and O–H groups in total. The van der Waals surface area contributed by atoms with Gasteiger partial charge in [-0.3, -0.25) is 4.68 Å².